The molecule has 0 aromatic rings. The van der Waals surface area contributed by atoms with E-state index in [4.69, 9.17) is 9.84 Å². The maximum Gasteiger partial charge on any atom is 0.315 e. The van der Waals surface area contributed by atoms with Crippen molar-refractivity contribution in [2.24, 2.45) is 5.92 Å². The molecule has 1 aliphatic rings. The third kappa shape index (κ3) is 7.57. The van der Waals surface area contributed by atoms with Crippen LogP contribution in [0.3, 0.4) is 0 Å². The van der Waals surface area contributed by atoms with Crippen LogP contribution in [0.15, 0.2) is 0 Å². The van der Waals surface area contributed by atoms with Gasteiger partial charge in [-0.2, -0.15) is 0 Å². The summed E-state index contributed by atoms with van der Waals surface area (Å²) in [5.74, 6) is -0.204. The molecule has 17 heavy (non-hydrogen) atoms. The summed E-state index contributed by atoms with van der Waals surface area (Å²) in [5.41, 5.74) is 0. The second-order valence-corrected chi connectivity index (χ2v) is 4.42. The lowest BCUT2D eigenvalue weighted by Gasteiger charge is -2.12. The zero-order valence-electron chi connectivity index (χ0n) is 10.1. The van der Waals surface area contributed by atoms with E-state index >= 15 is 0 Å². The number of carbonyl (C=O) groups excluding carboxylic acids is 1. The third-order valence-electron chi connectivity index (χ3n) is 2.44. The van der Waals surface area contributed by atoms with Gasteiger partial charge in [-0.25, -0.2) is 4.79 Å². The first-order valence-electron chi connectivity index (χ1n) is 5.92. The summed E-state index contributed by atoms with van der Waals surface area (Å²) >= 11 is 0. The molecule has 0 spiro atoms. The highest BCUT2D eigenvalue weighted by atomic mass is 16.5. The smallest absolute Gasteiger partial charge is 0.315 e. The fourth-order valence-corrected chi connectivity index (χ4v) is 1.36. The third-order valence-corrected chi connectivity index (χ3v) is 2.44. The van der Waals surface area contributed by atoms with Crippen LogP contribution in [0.2, 0.25) is 0 Å². The van der Waals surface area contributed by atoms with Gasteiger partial charge in [0.05, 0.1) is 13.0 Å². The Bertz CT molecular complexity index is 266. The molecule has 0 aliphatic heterocycles. The molecule has 6 heteroatoms. The van der Waals surface area contributed by atoms with Crippen molar-refractivity contribution in [1.82, 2.24) is 10.6 Å². The van der Waals surface area contributed by atoms with E-state index in [0.29, 0.717) is 13.2 Å². The van der Waals surface area contributed by atoms with Crippen LogP contribution in [-0.2, 0) is 9.53 Å². The van der Waals surface area contributed by atoms with Gasteiger partial charge in [0, 0.05) is 19.2 Å². The summed E-state index contributed by atoms with van der Waals surface area (Å²) in [6, 6.07) is -0.728. The largest absolute Gasteiger partial charge is 0.481 e. The summed E-state index contributed by atoms with van der Waals surface area (Å²) in [5, 5.41) is 13.7. The number of carboxylic acids is 1. The average Bonchev–Trinajstić information content (AvgIpc) is 2.99. The zero-order chi connectivity index (χ0) is 12.7. The SMILES string of the molecule is CC(CC(=O)O)NC(=O)NCCOCC1CC1. The van der Waals surface area contributed by atoms with Crippen LogP contribution in [0.4, 0.5) is 4.79 Å². The Morgan fingerprint density at radius 2 is 2.18 bits per heavy atom. The molecular formula is C11H20N2O4. The summed E-state index contributed by atoms with van der Waals surface area (Å²) in [6.07, 6.45) is 2.42. The van der Waals surface area contributed by atoms with Crippen molar-refractivity contribution in [2.75, 3.05) is 19.8 Å². The molecule has 0 aromatic carbocycles. The molecule has 6 nitrogen and oxygen atoms in total. The molecule has 1 saturated carbocycles. The van der Waals surface area contributed by atoms with Gasteiger partial charge in [-0.05, 0) is 25.7 Å². The quantitative estimate of drug-likeness (QED) is 0.545. The van der Waals surface area contributed by atoms with Gasteiger partial charge in [-0.15, -0.1) is 0 Å². The predicted molar refractivity (Wildman–Crippen MR) is 61.8 cm³/mol. The minimum absolute atomic E-state index is 0.0778. The van der Waals surface area contributed by atoms with Crippen molar-refractivity contribution in [3.63, 3.8) is 0 Å². The minimum Gasteiger partial charge on any atom is -0.481 e. The number of hydrogen-bond donors (Lipinski definition) is 3. The van der Waals surface area contributed by atoms with Crippen LogP contribution in [-0.4, -0.2) is 42.9 Å². The van der Waals surface area contributed by atoms with Crippen molar-refractivity contribution < 1.29 is 19.4 Å². The number of rotatable bonds is 8. The first kappa shape index (κ1) is 13.8. The van der Waals surface area contributed by atoms with Crippen molar-refractivity contribution in [3.8, 4) is 0 Å². The number of carbonyl (C=O) groups is 2. The molecular weight excluding hydrogens is 224 g/mol. The molecule has 1 unspecified atom stereocenters. The Kier molecular flexibility index (Phi) is 5.76. The molecule has 1 aliphatic carbocycles. The molecule has 0 bridgehead atoms. The van der Waals surface area contributed by atoms with Gasteiger partial charge in [0.2, 0.25) is 0 Å². The van der Waals surface area contributed by atoms with Crippen molar-refractivity contribution >= 4 is 12.0 Å². The van der Waals surface area contributed by atoms with E-state index in [2.05, 4.69) is 10.6 Å². The highest BCUT2D eigenvalue weighted by Gasteiger charge is 2.20. The number of carboxylic acid groups (broad SMARTS) is 1. The summed E-state index contributed by atoms with van der Waals surface area (Å²) in [6.45, 7) is 3.37. The first-order valence-corrected chi connectivity index (χ1v) is 5.92. The van der Waals surface area contributed by atoms with Crippen LogP contribution in [0.25, 0.3) is 0 Å². The Morgan fingerprint density at radius 3 is 2.76 bits per heavy atom. The Balaban J connectivity index is 1.93. The summed E-state index contributed by atoms with van der Waals surface area (Å²) in [7, 11) is 0. The highest BCUT2D eigenvalue weighted by Crippen LogP contribution is 2.28. The number of ether oxygens (including phenoxy) is 1. The van der Waals surface area contributed by atoms with Crippen LogP contribution in [0.5, 0.6) is 0 Å². The van der Waals surface area contributed by atoms with E-state index in [9.17, 15) is 9.59 Å². The minimum atomic E-state index is -0.925. The molecule has 2 amide bonds. The van der Waals surface area contributed by atoms with Crippen LogP contribution in [0.1, 0.15) is 26.2 Å². The summed E-state index contributed by atoms with van der Waals surface area (Å²) < 4.78 is 5.34. The average molecular weight is 244 g/mol. The van der Waals surface area contributed by atoms with Crippen LogP contribution in [0, 0.1) is 5.92 Å². The van der Waals surface area contributed by atoms with Crippen LogP contribution >= 0.6 is 0 Å². The number of amides is 2. The molecule has 3 N–H and O–H groups in total. The number of urea groups is 1. The maximum atomic E-state index is 11.3. The maximum absolute atomic E-state index is 11.3. The molecule has 0 aromatic heterocycles. The van der Waals surface area contributed by atoms with Gasteiger partial charge in [0.1, 0.15) is 0 Å². The van der Waals surface area contributed by atoms with Crippen LogP contribution < -0.4 is 10.6 Å². The van der Waals surface area contributed by atoms with Gasteiger partial charge in [0.25, 0.3) is 0 Å². The fraction of sp³-hybridized carbons (Fsp3) is 0.818. The second kappa shape index (κ2) is 7.11. The van der Waals surface area contributed by atoms with E-state index in [0.717, 1.165) is 12.5 Å². The fourth-order valence-electron chi connectivity index (χ4n) is 1.36. The van der Waals surface area contributed by atoms with Gasteiger partial charge in [-0.1, -0.05) is 0 Å². The van der Waals surface area contributed by atoms with Crippen molar-refractivity contribution in [1.29, 1.82) is 0 Å². The Labute approximate surface area is 101 Å². The topological polar surface area (TPSA) is 87.7 Å². The monoisotopic (exact) mass is 244 g/mol. The van der Waals surface area contributed by atoms with Crippen molar-refractivity contribution in [2.45, 2.75) is 32.2 Å². The van der Waals surface area contributed by atoms with Crippen molar-refractivity contribution in [3.05, 3.63) is 0 Å². The Morgan fingerprint density at radius 1 is 1.47 bits per heavy atom. The van der Waals surface area contributed by atoms with Gasteiger partial charge in [0.15, 0.2) is 0 Å². The molecule has 98 valence electrons. The first-order chi connectivity index (χ1) is 8.08. The van der Waals surface area contributed by atoms with E-state index in [1.165, 1.54) is 12.8 Å². The van der Waals surface area contributed by atoms with Gasteiger partial charge < -0.3 is 20.5 Å². The highest BCUT2D eigenvalue weighted by molar-refractivity contribution is 5.75. The lowest BCUT2D eigenvalue weighted by atomic mass is 10.2. The molecule has 0 radical (unpaired) electrons. The zero-order valence-corrected chi connectivity index (χ0v) is 10.1. The Hall–Kier alpha value is -1.30. The van der Waals surface area contributed by atoms with E-state index in [-0.39, 0.29) is 18.5 Å². The number of hydrogen-bond acceptors (Lipinski definition) is 3. The van der Waals surface area contributed by atoms with E-state index < -0.39 is 5.97 Å². The standard InChI is InChI=1S/C11H20N2O4/c1-8(6-10(14)15)13-11(16)12-4-5-17-7-9-2-3-9/h8-9H,2-7H2,1H3,(H,14,15)(H2,12,13,16). The molecule has 0 heterocycles. The normalized spacial score (nSPS) is 16.3. The van der Waals surface area contributed by atoms with Gasteiger partial charge in [-0.3, -0.25) is 4.79 Å². The molecule has 1 rings (SSSR count). The predicted octanol–water partition coefficient (Wildman–Crippen LogP) is 0.575. The summed E-state index contributed by atoms with van der Waals surface area (Å²) in [4.78, 5) is 21.6. The second-order valence-electron chi connectivity index (χ2n) is 4.42. The molecule has 1 atom stereocenters. The van der Waals surface area contributed by atoms with E-state index in [1.54, 1.807) is 6.92 Å². The molecule has 1 fully saturated rings. The number of aliphatic carboxylic acids is 1. The molecule has 0 saturated heterocycles. The lowest BCUT2D eigenvalue weighted by Crippen LogP contribution is -2.42. The van der Waals surface area contributed by atoms with Gasteiger partial charge >= 0.3 is 12.0 Å². The lowest BCUT2D eigenvalue weighted by molar-refractivity contribution is -0.137. The number of nitrogens with one attached hydrogen (secondary N) is 2. The van der Waals surface area contributed by atoms with E-state index in [1.807, 2.05) is 0 Å².